The summed E-state index contributed by atoms with van der Waals surface area (Å²) in [5.41, 5.74) is 3.10. The van der Waals surface area contributed by atoms with Gasteiger partial charge >= 0.3 is 6.03 Å². The van der Waals surface area contributed by atoms with Crippen LogP contribution in [-0.4, -0.2) is 29.3 Å². The molecule has 1 spiro atoms. The molecular formula is C25H29N3O3. The third kappa shape index (κ3) is 3.94. The lowest BCUT2D eigenvalue weighted by atomic mass is 9.84. The molecule has 162 valence electrons. The van der Waals surface area contributed by atoms with Gasteiger partial charge in [0.2, 0.25) is 5.91 Å². The Balaban J connectivity index is 1.49. The maximum Gasteiger partial charge on any atom is 0.325 e. The lowest BCUT2D eigenvalue weighted by molar-refractivity contribution is -0.135. The monoisotopic (exact) mass is 419 g/mol. The first-order valence-electron chi connectivity index (χ1n) is 11.1. The standard InChI is InChI=1S/C25H29N3O3/c1-3-18-11-13-19(14-12-18)17(2)26-22(29)16-28-23(30)25(27-24(28)31)15-7-6-9-20-8-4-5-10-21(20)25/h4-5,8,10-14,17H,3,6-7,9,15-16H2,1-2H3,(H,26,29)(H,27,31). The van der Waals surface area contributed by atoms with Gasteiger partial charge in [-0.25, -0.2) is 4.79 Å². The molecule has 1 aliphatic carbocycles. The van der Waals surface area contributed by atoms with E-state index >= 15 is 0 Å². The second kappa shape index (κ2) is 8.53. The summed E-state index contributed by atoms with van der Waals surface area (Å²) >= 11 is 0. The maximum absolute atomic E-state index is 13.4. The normalized spacial score (nSPS) is 21.4. The Morgan fingerprint density at radius 1 is 1.13 bits per heavy atom. The van der Waals surface area contributed by atoms with E-state index in [2.05, 4.69) is 17.6 Å². The first kappa shape index (κ1) is 21.1. The van der Waals surface area contributed by atoms with Crippen LogP contribution in [0.1, 0.15) is 61.4 Å². The average molecular weight is 420 g/mol. The Kier molecular flexibility index (Phi) is 5.81. The smallest absolute Gasteiger partial charge is 0.325 e. The molecule has 6 nitrogen and oxygen atoms in total. The van der Waals surface area contributed by atoms with Gasteiger partial charge in [0.25, 0.3) is 5.91 Å². The number of carbonyl (C=O) groups is 3. The summed E-state index contributed by atoms with van der Waals surface area (Å²) in [4.78, 5) is 39.9. The van der Waals surface area contributed by atoms with Crippen LogP contribution in [0.15, 0.2) is 48.5 Å². The van der Waals surface area contributed by atoms with Crippen molar-refractivity contribution in [3.8, 4) is 0 Å². The number of rotatable bonds is 5. The van der Waals surface area contributed by atoms with E-state index in [4.69, 9.17) is 0 Å². The van der Waals surface area contributed by atoms with Gasteiger partial charge in [-0.05, 0) is 61.3 Å². The van der Waals surface area contributed by atoms with Crippen LogP contribution < -0.4 is 10.6 Å². The summed E-state index contributed by atoms with van der Waals surface area (Å²) in [5.74, 6) is -0.684. The van der Waals surface area contributed by atoms with Crippen molar-refractivity contribution in [2.45, 2.75) is 57.5 Å². The van der Waals surface area contributed by atoms with Gasteiger partial charge in [-0.3, -0.25) is 14.5 Å². The number of nitrogens with one attached hydrogen (secondary N) is 2. The highest BCUT2D eigenvalue weighted by Crippen LogP contribution is 2.38. The van der Waals surface area contributed by atoms with Gasteiger partial charge in [-0.2, -0.15) is 0 Å². The van der Waals surface area contributed by atoms with Crippen molar-refractivity contribution in [2.24, 2.45) is 0 Å². The number of urea groups is 1. The van der Waals surface area contributed by atoms with Crippen molar-refractivity contribution in [3.05, 3.63) is 70.8 Å². The van der Waals surface area contributed by atoms with Gasteiger partial charge in [0.05, 0.1) is 6.04 Å². The van der Waals surface area contributed by atoms with E-state index in [1.807, 2.05) is 55.5 Å². The SMILES string of the molecule is CCc1ccc(C(C)NC(=O)CN2C(=O)NC3(CCCCc4ccccc43)C2=O)cc1. The van der Waals surface area contributed by atoms with Crippen molar-refractivity contribution in [1.29, 1.82) is 0 Å². The third-order valence-electron chi connectivity index (χ3n) is 6.47. The lowest BCUT2D eigenvalue weighted by Crippen LogP contribution is -2.45. The molecule has 1 saturated heterocycles. The molecule has 0 radical (unpaired) electrons. The Morgan fingerprint density at radius 2 is 1.87 bits per heavy atom. The molecule has 0 saturated carbocycles. The third-order valence-corrected chi connectivity index (χ3v) is 6.47. The second-order valence-corrected chi connectivity index (χ2v) is 8.48. The van der Waals surface area contributed by atoms with Crippen LogP contribution in [0.4, 0.5) is 4.79 Å². The van der Waals surface area contributed by atoms with Crippen LogP contribution in [0, 0.1) is 0 Å². The maximum atomic E-state index is 13.4. The molecular weight excluding hydrogens is 390 g/mol. The summed E-state index contributed by atoms with van der Waals surface area (Å²) in [5, 5.41) is 5.84. The number of benzene rings is 2. The van der Waals surface area contributed by atoms with Gasteiger partial charge in [0.15, 0.2) is 0 Å². The van der Waals surface area contributed by atoms with E-state index in [0.717, 1.165) is 47.3 Å². The van der Waals surface area contributed by atoms with E-state index in [0.29, 0.717) is 6.42 Å². The predicted molar refractivity (Wildman–Crippen MR) is 118 cm³/mol. The van der Waals surface area contributed by atoms with Crippen molar-refractivity contribution >= 4 is 17.8 Å². The molecule has 31 heavy (non-hydrogen) atoms. The first-order valence-corrected chi connectivity index (χ1v) is 11.1. The molecule has 2 atom stereocenters. The molecule has 1 aliphatic heterocycles. The fraction of sp³-hybridized carbons (Fsp3) is 0.400. The highest BCUT2D eigenvalue weighted by Gasteiger charge is 2.53. The summed E-state index contributed by atoms with van der Waals surface area (Å²) in [7, 11) is 0. The summed E-state index contributed by atoms with van der Waals surface area (Å²) in [6.07, 6.45) is 4.20. The van der Waals surface area contributed by atoms with Crippen molar-refractivity contribution < 1.29 is 14.4 Å². The topological polar surface area (TPSA) is 78.5 Å². The minimum atomic E-state index is -1.06. The number of imide groups is 1. The molecule has 2 aliphatic rings. The molecule has 2 aromatic carbocycles. The van der Waals surface area contributed by atoms with E-state index in [9.17, 15) is 14.4 Å². The second-order valence-electron chi connectivity index (χ2n) is 8.48. The minimum Gasteiger partial charge on any atom is -0.348 e. The number of carbonyl (C=O) groups excluding carboxylic acids is 3. The first-order chi connectivity index (χ1) is 14.9. The van der Waals surface area contributed by atoms with Crippen molar-refractivity contribution in [1.82, 2.24) is 15.5 Å². The predicted octanol–water partition coefficient (Wildman–Crippen LogP) is 3.60. The summed E-state index contributed by atoms with van der Waals surface area (Å²) in [6.45, 7) is 3.71. The van der Waals surface area contributed by atoms with E-state index < -0.39 is 11.6 Å². The van der Waals surface area contributed by atoms with Gasteiger partial charge < -0.3 is 10.6 Å². The zero-order chi connectivity index (χ0) is 22.0. The fourth-order valence-corrected chi connectivity index (χ4v) is 4.67. The average Bonchev–Trinajstić information content (AvgIpc) is 2.91. The van der Waals surface area contributed by atoms with Crippen LogP contribution in [0.5, 0.6) is 0 Å². The zero-order valence-electron chi connectivity index (χ0n) is 18.1. The lowest BCUT2D eigenvalue weighted by Gasteiger charge is -2.27. The number of hydrogen-bond donors (Lipinski definition) is 2. The van der Waals surface area contributed by atoms with E-state index in [1.165, 1.54) is 5.56 Å². The van der Waals surface area contributed by atoms with Gasteiger partial charge in [-0.15, -0.1) is 0 Å². The Hall–Kier alpha value is -3.15. The molecule has 1 fully saturated rings. The number of nitrogens with zero attached hydrogens (tertiary/aromatic N) is 1. The molecule has 4 amide bonds. The molecule has 0 bridgehead atoms. The molecule has 2 aromatic rings. The van der Waals surface area contributed by atoms with Crippen LogP contribution in [0.2, 0.25) is 0 Å². The number of amides is 4. The molecule has 2 N–H and O–H groups in total. The highest BCUT2D eigenvalue weighted by molar-refractivity contribution is 6.09. The van der Waals surface area contributed by atoms with Crippen molar-refractivity contribution in [2.75, 3.05) is 6.54 Å². The van der Waals surface area contributed by atoms with Gasteiger partial charge in [0, 0.05) is 0 Å². The van der Waals surface area contributed by atoms with Gasteiger partial charge in [0.1, 0.15) is 12.1 Å². The molecule has 6 heteroatoms. The Labute approximate surface area is 183 Å². The van der Waals surface area contributed by atoms with E-state index in [-0.39, 0.29) is 24.4 Å². The van der Waals surface area contributed by atoms with E-state index in [1.54, 1.807) is 0 Å². The molecule has 0 aromatic heterocycles. The van der Waals surface area contributed by atoms with Crippen molar-refractivity contribution in [3.63, 3.8) is 0 Å². The summed E-state index contributed by atoms with van der Waals surface area (Å²) in [6, 6.07) is 15.1. The van der Waals surface area contributed by atoms with Crippen LogP contribution in [0.3, 0.4) is 0 Å². The largest absolute Gasteiger partial charge is 0.348 e. The molecule has 1 heterocycles. The van der Waals surface area contributed by atoms with Gasteiger partial charge in [-0.1, -0.05) is 55.5 Å². The molecule has 2 unspecified atom stereocenters. The Morgan fingerprint density at radius 3 is 2.61 bits per heavy atom. The van der Waals surface area contributed by atoms with Crippen LogP contribution in [-0.2, 0) is 28.0 Å². The summed E-state index contributed by atoms with van der Waals surface area (Å²) < 4.78 is 0. The quantitative estimate of drug-likeness (QED) is 0.727. The van der Waals surface area contributed by atoms with Crippen LogP contribution >= 0.6 is 0 Å². The molecule has 4 rings (SSSR count). The Bertz CT molecular complexity index is 1000. The fourth-order valence-electron chi connectivity index (χ4n) is 4.67. The number of hydrogen-bond acceptors (Lipinski definition) is 3. The van der Waals surface area contributed by atoms with Crippen LogP contribution in [0.25, 0.3) is 0 Å². The highest BCUT2D eigenvalue weighted by atomic mass is 16.2. The zero-order valence-corrected chi connectivity index (χ0v) is 18.1. The minimum absolute atomic E-state index is 0.216. The number of fused-ring (bicyclic) bond motifs is 2. The number of aryl methyl sites for hydroxylation is 2.